The molecule has 23 heavy (non-hydrogen) atoms. The molecule has 0 saturated carbocycles. The van der Waals surface area contributed by atoms with Gasteiger partial charge in [-0.25, -0.2) is 9.78 Å². The predicted molar refractivity (Wildman–Crippen MR) is 84.4 cm³/mol. The number of imidazole rings is 1. The maximum Gasteiger partial charge on any atom is 0.339 e. The zero-order chi connectivity index (χ0) is 16.4. The third kappa shape index (κ3) is 2.85. The molecule has 0 aliphatic heterocycles. The number of carbonyl (C=O) groups excluding carboxylic acids is 1. The molecule has 0 amide bonds. The summed E-state index contributed by atoms with van der Waals surface area (Å²) < 4.78 is 6.33. The van der Waals surface area contributed by atoms with Gasteiger partial charge < -0.3 is 14.3 Å². The quantitative estimate of drug-likeness (QED) is 0.737. The van der Waals surface area contributed by atoms with Gasteiger partial charge in [-0.2, -0.15) is 0 Å². The minimum absolute atomic E-state index is 0.181. The van der Waals surface area contributed by atoms with E-state index in [9.17, 15) is 9.59 Å². The molecule has 1 N–H and O–H groups in total. The number of pyridine rings is 2. The smallest absolute Gasteiger partial charge is 0.339 e. The van der Waals surface area contributed by atoms with Gasteiger partial charge in [-0.1, -0.05) is 0 Å². The number of ether oxygens (including phenoxy) is 1. The maximum absolute atomic E-state index is 12.6. The number of rotatable bonds is 4. The molecule has 0 saturated heterocycles. The standard InChI is InChI=1S/C16H16N4O3/c1-10-12(16(22)23-2)7-13-14(19-10)4-6-20(15(13)21)5-3-11-8-17-9-18-11/h4,6-9H,3,5H2,1-2H3,(H,17,18). The number of aromatic nitrogens is 4. The summed E-state index contributed by atoms with van der Waals surface area (Å²) >= 11 is 0. The fraction of sp³-hybridized carbons (Fsp3) is 0.250. The van der Waals surface area contributed by atoms with Gasteiger partial charge in [0.05, 0.1) is 35.6 Å². The Hall–Kier alpha value is -2.96. The van der Waals surface area contributed by atoms with E-state index in [1.807, 2.05) is 0 Å². The van der Waals surface area contributed by atoms with E-state index in [0.29, 0.717) is 35.1 Å². The van der Waals surface area contributed by atoms with E-state index in [1.54, 1.807) is 42.3 Å². The van der Waals surface area contributed by atoms with Gasteiger partial charge in [-0.05, 0) is 19.1 Å². The lowest BCUT2D eigenvalue weighted by Crippen LogP contribution is -2.21. The molecule has 3 aromatic rings. The Kier molecular flexibility index (Phi) is 3.92. The average Bonchev–Trinajstić information content (AvgIpc) is 3.06. The number of carbonyl (C=O) groups is 1. The van der Waals surface area contributed by atoms with Crippen LogP contribution in [0.25, 0.3) is 10.9 Å². The molecule has 7 heteroatoms. The molecule has 3 heterocycles. The maximum atomic E-state index is 12.6. The highest BCUT2D eigenvalue weighted by Crippen LogP contribution is 2.14. The summed E-state index contributed by atoms with van der Waals surface area (Å²) in [6.07, 6.45) is 5.71. The first-order valence-electron chi connectivity index (χ1n) is 7.16. The summed E-state index contributed by atoms with van der Waals surface area (Å²) in [4.78, 5) is 35.7. The van der Waals surface area contributed by atoms with Crippen LogP contribution in [0.1, 0.15) is 21.7 Å². The van der Waals surface area contributed by atoms with Crippen LogP contribution in [0.5, 0.6) is 0 Å². The van der Waals surface area contributed by atoms with Crippen molar-refractivity contribution in [2.24, 2.45) is 0 Å². The largest absolute Gasteiger partial charge is 0.465 e. The second-order valence-electron chi connectivity index (χ2n) is 5.19. The summed E-state index contributed by atoms with van der Waals surface area (Å²) in [6.45, 7) is 2.23. The Morgan fingerprint density at radius 1 is 1.43 bits per heavy atom. The molecule has 7 nitrogen and oxygen atoms in total. The van der Waals surface area contributed by atoms with Crippen molar-refractivity contribution in [1.82, 2.24) is 19.5 Å². The molecule has 0 radical (unpaired) electrons. The molecule has 118 valence electrons. The number of esters is 1. The third-order valence-electron chi connectivity index (χ3n) is 3.73. The zero-order valence-corrected chi connectivity index (χ0v) is 12.9. The molecule has 0 aliphatic carbocycles. The first kappa shape index (κ1) is 15.0. The summed E-state index contributed by atoms with van der Waals surface area (Å²) in [6, 6.07) is 3.33. The van der Waals surface area contributed by atoms with Crippen molar-refractivity contribution in [2.75, 3.05) is 7.11 Å². The first-order chi connectivity index (χ1) is 11.1. The van der Waals surface area contributed by atoms with Crippen LogP contribution in [0, 0.1) is 6.92 Å². The van der Waals surface area contributed by atoms with Crippen molar-refractivity contribution in [1.29, 1.82) is 0 Å². The lowest BCUT2D eigenvalue weighted by molar-refractivity contribution is 0.0599. The minimum atomic E-state index is -0.496. The van der Waals surface area contributed by atoms with Gasteiger partial charge >= 0.3 is 5.97 Å². The van der Waals surface area contributed by atoms with Crippen molar-refractivity contribution in [3.8, 4) is 0 Å². The Balaban J connectivity index is 2.01. The lowest BCUT2D eigenvalue weighted by Gasteiger charge is -2.09. The number of fused-ring (bicyclic) bond motifs is 1. The Bertz CT molecular complexity index is 913. The fourth-order valence-electron chi connectivity index (χ4n) is 2.46. The number of hydrogen-bond donors (Lipinski definition) is 1. The molecule has 3 rings (SSSR count). The molecular formula is C16H16N4O3. The van der Waals surface area contributed by atoms with Crippen LogP contribution in [0.2, 0.25) is 0 Å². The minimum Gasteiger partial charge on any atom is -0.465 e. The molecule has 0 aliphatic rings. The highest BCUT2D eigenvalue weighted by molar-refractivity contribution is 5.94. The third-order valence-corrected chi connectivity index (χ3v) is 3.73. The zero-order valence-electron chi connectivity index (χ0n) is 12.9. The summed E-state index contributed by atoms with van der Waals surface area (Å²) in [7, 11) is 1.31. The van der Waals surface area contributed by atoms with Crippen LogP contribution in [-0.2, 0) is 17.7 Å². The van der Waals surface area contributed by atoms with E-state index in [2.05, 4.69) is 15.0 Å². The normalized spacial score (nSPS) is 10.9. The van der Waals surface area contributed by atoms with Crippen LogP contribution in [0.3, 0.4) is 0 Å². The molecule has 0 spiro atoms. The van der Waals surface area contributed by atoms with Crippen LogP contribution in [0.4, 0.5) is 0 Å². The van der Waals surface area contributed by atoms with Crippen molar-refractivity contribution in [3.05, 3.63) is 58.2 Å². The van der Waals surface area contributed by atoms with E-state index < -0.39 is 5.97 Å². The van der Waals surface area contributed by atoms with Gasteiger partial charge in [0.2, 0.25) is 0 Å². The molecule has 0 unspecified atom stereocenters. The van der Waals surface area contributed by atoms with Crippen molar-refractivity contribution < 1.29 is 9.53 Å². The Labute approximate surface area is 132 Å². The number of methoxy groups -OCH3 is 1. The Morgan fingerprint density at radius 2 is 2.26 bits per heavy atom. The predicted octanol–water partition coefficient (Wildman–Crippen LogP) is 1.46. The SMILES string of the molecule is COC(=O)c1cc2c(=O)n(CCc3cnc[nH]3)ccc2nc1C. The van der Waals surface area contributed by atoms with Gasteiger partial charge in [0.25, 0.3) is 5.56 Å². The highest BCUT2D eigenvalue weighted by atomic mass is 16.5. The van der Waals surface area contributed by atoms with Crippen LogP contribution in [0.15, 0.2) is 35.6 Å². The number of nitrogens with one attached hydrogen (secondary N) is 1. The van der Waals surface area contributed by atoms with Gasteiger partial charge in [0.1, 0.15) is 0 Å². The van der Waals surface area contributed by atoms with Gasteiger partial charge in [0.15, 0.2) is 0 Å². The van der Waals surface area contributed by atoms with Crippen molar-refractivity contribution in [3.63, 3.8) is 0 Å². The van der Waals surface area contributed by atoms with E-state index in [1.165, 1.54) is 7.11 Å². The monoisotopic (exact) mass is 312 g/mol. The number of H-pyrrole nitrogens is 1. The van der Waals surface area contributed by atoms with Crippen LogP contribution >= 0.6 is 0 Å². The topological polar surface area (TPSA) is 89.9 Å². The number of aromatic amines is 1. The average molecular weight is 312 g/mol. The van der Waals surface area contributed by atoms with Crippen molar-refractivity contribution >= 4 is 16.9 Å². The van der Waals surface area contributed by atoms with E-state index in [-0.39, 0.29) is 5.56 Å². The highest BCUT2D eigenvalue weighted by Gasteiger charge is 2.14. The van der Waals surface area contributed by atoms with E-state index in [4.69, 9.17) is 4.74 Å². The number of hydrogen-bond acceptors (Lipinski definition) is 5. The second kappa shape index (κ2) is 6.04. The van der Waals surface area contributed by atoms with Crippen molar-refractivity contribution in [2.45, 2.75) is 19.9 Å². The van der Waals surface area contributed by atoms with Crippen LogP contribution < -0.4 is 5.56 Å². The van der Waals surface area contributed by atoms with Crippen LogP contribution in [-0.4, -0.2) is 32.6 Å². The summed E-state index contributed by atoms with van der Waals surface area (Å²) in [5.41, 5.74) is 2.19. The van der Waals surface area contributed by atoms with Gasteiger partial charge in [-0.3, -0.25) is 9.78 Å². The fourth-order valence-corrected chi connectivity index (χ4v) is 2.46. The first-order valence-corrected chi connectivity index (χ1v) is 7.16. The molecule has 0 aromatic carbocycles. The molecule has 3 aromatic heterocycles. The summed E-state index contributed by atoms with van der Waals surface area (Å²) in [5.74, 6) is -0.496. The molecular weight excluding hydrogens is 296 g/mol. The van der Waals surface area contributed by atoms with E-state index in [0.717, 1.165) is 5.69 Å². The lowest BCUT2D eigenvalue weighted by atomic mass is 10.1. The van der Waals surface area contributed by atoms with E-state index >= 15 is 0 Å². The molecule has 0 atom stereocenters. The summed E-state index contributed by atoms with van der Waals surface area (Å²) in [5, 5.41) is 0.406. The number of nitrogens with zero attached hydrogens (tertiary/aromatic N) is 3. The molecule has 0 bridgehead atoms. The van der Waals surface area contributed by atoms with Gasteiger partial charge in [-0.15, -0.1) is 0 Å². The second-order valence-corrected chi connectivity index (χ2v) is 5.19. The van der Waals surface area contributed by atoms with Gasteiger partial charge in [0, 0.05) is 31.1 Å². The number of aryl methyl sites for hydroxylation is 3. The Morgan fingerprint density at radius 3 is 2.96 bits per heavy atom. The molecule has 0 fully saturated rings.